The summed E-state index contributed by atoms with van der Waals surface area (Å²) in [6.07, 6.45) is 7.11. The van der Waals surface area contributed by atoms with Gasteiger partial charge in [0.05, 0.1) is 11.7 Å². The molecule has 2 atom stereocenters. The number of hydrogen-bond donors (Lipinski definition) is 1. The van der Waals surface area contributed by atoms with Crippen LogP contribution in [0.4, 0.5) is 0 Å². The fraction of sp³-hybridized carbons (Fsp3) is 0.286. The summed E-state index contributed by atoms with van der Waals surface area (Å²) in [5.41, 5.74) is 1.76. The maximum absolute atomic E-state index is 4.31. The lowest BCUT2D eigenvalue weighted by Crippen LogP contribution is -2.24. The van der Waals surface area contributed by atoms with Gasteiger partial charge in [-0.15, -0.1) is 10.2 Å². The number of nitrogens with one attached hydrogen (secondary N) is 1. The molecule has 1 N–H and O–H groups in total. The monoisotopic (exact) mass is 268 g/mol. The molecule has 2 unspecified atom stereocenters. The van der Waals surface area contributed by atoms with Gasteiger partial charge >= 0.3 is 0 Å². The number of aromatic nitrogens is 5. The van der Waals surface area contributed by atoms with Crippen LogP contribution in [0.3, 0.4) is 0 Å². The van der Waals surface area contributed by atoms with Crippen molar-refractivity contribution in [3.63, 3.8) is 0 Å². The van der Waals surface area contributed by atoms with Gasteiger partial charge in [0, 0.05) is 30.8 Å². The molecule has 0 aliphatic rings. The molecule has 0 amide bonds. The predicted octanol–water partition coefficient (Wildman–Crippen LogP) is 1.93. The first kappa shape index (κ1) is 12.7. The van der Waals surface area contributed by atoms with E-state index in [9.17, 15) is 0 Å². The summed E-state index contributed by atoms with van der Waals surface area (Å²) in [5, 5.41) is 11.9. The smallest absolute Gasteiger partial charge is 0.160 e. The van der Waals surface area contributed by atoms with Crippen molar-refractivity contribution in [3.8, 4) is 0 Å². The number of hydrogen-bond acceptors (Lipinski definition) is 5. The topological polar surface area (TPSA) is 68.0 Å². The maximum atomic E-state index is 4.31. The molecule has 20 heavy (non-hydrogen) atoms. The molecule has 0 aromatic carbocycles. The zero-order valence-corrected chi connectivity index (χ0v) is 11.4. The molecule has 3 aromatic heterocycles. The molecule has 0 spiro atoms. The van der Waals surface area contributed by atoms with Crippen molar-refractivity contribution in [2.45, 2.75) is 25.9 Å². The van der Waals surface area contributed by atoms with E-state index in [1.807, 2.05) is 28.8 Å². The summed E-state index contributed by atoms with van der Waals surface area (Å²) >= 11 is 0. The maximum Gasteiger partial charge on any atom is 0.160 e. The van der Waals surface area contributed by atoms with Crippen LogP contribution >= 0.6 is 0 Å². The Morgan fingerprint density at radius 2 is 2.00 bits per heavy atom. The normalized spacial score (nSPS) is 14.3. The van der Waals surface area contributed by atoms with E-state index in [2.05, 4.69) is 39.3 Å². The van der Waals surface area contributed by atoms with Gasteiger partial charge in [-0.05, 0) is 26.0 Å². The lowest BCUT2D eigenvalue weighted by molar-refractivity contribution is 0.465. The molecular weight excluding hydrogens is 252 g/mol. The van der Waals surface area contributed by atoms with E-state index in [4.69, 9.17) is 0 Å². The van der Waals surface area contributed by atoms with Crippen LogP contribution in [0.15, 0.2) is 43.0 Å². The summed E-state index contributed by atoms with van der Waals surface area (Å²) in [5.74, 6) is 0.886. The minimum Gasteiger partial charge on any atom is -0.299 e. The van der Waals surface area contributed by atoms with E-state index in [0.29, 0.717) is 0 Å². The molecule has 0 fully saturated rings. The fourth-order valence-corrected chi connectivity index (χ4v) is 2.22. The molecule has 6 nitrogen and oxygen atoms in total. The molecule has 0 radical (unpaired) electrons. The van der Waals surface area contributed by atoms with Gasteiger partial charge in [0.25, 0.3) is 0 Å². The number of nitrogens with zero attached hydrogens (tertiary/aromatic N) is 5. The van der Waals surface area contributed by atoms with E-state index in [1.165, 1.54) is 0 Å². The molecule has 3 rings (SSSR count). The molecule has 102 valence electrons. The molecule has 0 saturated heterocycles. The van der Waals surface area contributed by atoms with E-state index < -0.39 is 0 Å². The summed E-state index contributed by atoms with van der Waals surface area (Å²) in [6.45, 7) is 4.13. The molecule has 0 saturated carbocycles. The number of pyridine rings is 1. The largest absolute Gasteiger partial charge is 0.299 e. The Bertz CT molecular complexity index is 693. The Morgan fingerprint density at radius 3 is 2.80 bits per heavy atom. The second kappa shape index (κ2) is 5.34. The minimum absolute atomic E-state index is 0.0596. The Morgan fingerprint density at radius 1 is 1.10 bits per heavy atom. The molecular formula is C14H16N6. The van der Waals surface area contributed by atoms with Crippen molar-refractivity contribution < 1.29 is 0 Å². The zero-order chi connectivity index (χ0) is 13.9. The molecule has 0 aliphatic carbocycles. The van der Waals surface area contributed by atoms with Crippen molar-refractivity contribution in [2.24, 2.45) is 0 Å². The molecule has 3 aromatic rings. The van der Waals surface area contributed by atoms with Gasteiger partial charge in [-0.2, -0.15) is 0 Å². The average Bonchev–Trinajstić information content (AvgIpc) is 2.92. The van der Waals surface area contributed by atoms with Gasteiger partial charge in [0.1, 0.15) is 0 Å². The van der Waals surface area contributed by atoms with Crippen LogP contribution < -0.4 is 5.32 Å². The molecule has 0 aliphatic heterocycles. The van der Waals surface area contributed by atoms with Crippen molar-refractivity contribution in [1.29, 1.82) is 0 Å². The van der Waals surface area contributed by atoms with Crippen LogP contribution in [0.2, 0.25) is 0 Å². The summed E-state index contributed by atoms with van der Waals surface area (Å²) in [6, 6.07) is 6.02. The number of fused-ring (bicyclic) bond motifs is 1. The van der Waals surface area contributed by atoms with Crippen molar-refractivity contribution in [1.82, 2.24) is 29.9 Å². The van der Waals surface area contributed by atoms with Crippen molar-refractivity contribution in [3.05, 3.63) is 54.5 Å². The third-order valence-corrected chi connectivity index (χ3v) is 3.25. The highest BCUT2D eigenvalue weighted by molar-refractivity contribution is 5.37. The molecule has 6 heteroatoms. The highest BCUT2D eigenvalue weighted by Gasteiger charge is 2.16. The zero-order valence-electron chi connectivity index (χ0n) is 11.4. The SMILES string of the molecule is CC(NC(C)c1nnc2ccccn12)c1cnccn1. The van der Waals surface area contributed by atoms with Crippen molar-refractivity contribution in [2.75, 3.05) is 0 Å². The summed E-state index contributed by atoms with van der Waals surface area (Å²) < 4.78 is 1.99. The van der Waals surface area contributed by atoms with Gasteiger partial charge in [0.2, 0.25) is 0 Å². The highest BCUT2D eigenvalue weighted by atomic mass is 15.3. The van der Waals surface area contributed by atoms with Crippen LogP contribution in [0, 0.1) is 0 Å². The van der Waals surface area contributed by atoms with Gasteiger partial charge in [-0.25, -0.2) is 0 Å². The van der Waals surface area contributed by atoms with Crippen LogP contribution in [0.5, 0.6) is 0 Å². The van der Waals surface area contributed by atoms with Crippen LogP contribution in [-0.2, 0) is 0 Å². The summed E-state index contributed by atoms with van der Waals surface area (Å²) in [7, 11) is 0. The van der Waals surface area contributed by atoms with E-state index in [-0.39, 0.29) is 12.1 Å². The van der Waals surface area contributed by atoms with Crippen LogP contribution in [0.25, 0.3) is 5.65 Å². The van der Waals surface area contributed by atoms with E-state index >= 15 is 0 Å². The highest BCUT2D eigenvalue weighted by Crippen LogP contribution is 2.16. The third kappa shape index (κ3) is 2.37. The quantitative estimate of drug-likeness (QED) is 0.783. The number of rotatable bonds is 4. The minimum atomic E-state index is 0.0596. The third-order valence-electron chi connectivity index (χ3n) is 3.25. The Hall–Kier alpha value is -2.34. The lowest BCUT2D eigenvalue weighted by atomic mass is 10.2. The van der Waals surface area contributed by atoms with Gasteiger partial charge in [-0.1, -0.05) is 6.07 Å². The van der Waals surface area contributed by atoms with Gasteiger partial charge in [0.15, 0.2) is 11.5 Å². The Kier molecular flexibility index (Phi) is 3.39. The second-order valence-electron chi connectivity index (χ2n) is 4.73. The van der Waals surface area contributed by atoms with Crippen LogP contribution in [0.1, 0.15) is 37.4 Å². The van der Waals surface area contributed by atoms with Crippen LogP contribution in [-0.4, -0.2) is 24.6 Å². The Labute approximate surface area is 116 Å². The first-order valence-corrected chi connectivity index (χ1v) is 6.57. The van der Waals surface area contributed by atoms with E-state index in [1.54, 1.807) is 18.6 Å². The van der Waals surface area contributed by atoms with E-state index in [0.717, 1.165) is 17.2 Å². The first-order valence-electron chi connectivity index (χ1n) is 6.57. The molecule has 0 bridgehead atoms. The lowest BCUT2D eigenvalue weighted by Gasteiger charge is -2.18. The summed E-state index contributed by atoms with van der Waals surface area (Å²) in [4.78, 5) is 8.40. The first-order chi connectivity index (χ1) is 9.75. The standard InChI is InChI=1S/C14H16N6/c1-10(12-9-15-6-7-16-12)17-11(2)14-19-18-13-5-3-4-8-20(13)14/h3-11,17H,1-2H3. The van der Waals surface area contributed by atoms with Gasteiger partial charge in [-0.3, -0.25) is 19.7 Å². The average molecular weight is 268 g/mol. The molecule has 3 heterocycles. The second-order valence-corrected chi connectivity index (χ2v) is 4.73. The fourth-order valence-electron chi connectivity index (χ4n) is 2.22. The Balaban J connectivity index is 1.81. The van der Waals surface area contributed by atoms with Gasteiger partial charge < -0.3 is 0 Å². The predicted molar refractivity (Wildman–Crippen MR) is 75.0 cm³/mol. The van der Waals surface area contributed by atoms with Crippen molar-refractivity contribution >= 4 is 5.65 Å².